The Bertz CT molecular complexity index is 825. The number of amides is 1. The summed E-state index contributed by atoms with van der Waals surface area (Å²) in [5.74, 6) is -0.0135. The fraction of sp³-hybridized carbons (Fsp3) is 0.409. The lowest BCUT2D eigenvalue weighted by atomic mass is 9.88. The monoisotopic (exact) mass is 382 g/mol. The van der Waals surface area contributed by atoms with Crippen molar-refractivity contribution in [3.63, 3.8) is 0 Å². The van der Waals surface area contributed by atoms with Gasteiger partial charge < -0.3 is 14.7 Å². The molecule has 0 radical (unpaired) electrons. The molecule has 0 spiro atoms. The third-order valence-corrected chi connectivity index (χ3v) is 5.00. The molecule has 0 atom stereocenters. The summed E-state index contributed by atoms with van der Waals surface area (Å²) in [5, 5.41) is 9.34. The number of pyridine rings is 1. The van der Waals surface area contributed by atoms with Gasteiger partial charge in [-0.25, -0.2) is 9.78 Å². The van der Waals surface area contributed by atoms with E-state index >= 15 is 0 Å². The number of aromatic nitrogens is 1. The molecule has 0 aliphatic carbocycles. The molecule has 1 aromatic carbocycles. The number of carboxylic acids is 1. The number of carbonyl (C=O) groups excluding carboxylic acids is 1. The normalized spacial score (nSPS) is 14.9. The van der Waals surface area contributed by atoms with Gasteiger partial charge in [-0.05, 0) is 56.7 Å². The van der Waals surface area contributed by atoms with Crippen LogP contribution in [0, 0.1) is 5.92 Å². The Kier molecular flexibility index (Phi) is 6.29. The van der Waals surface area contributed by atoms with Crippen molar-refractivity contribution in [3.8, 4) is 5.88 Å². The summed E-state index contributed by atoms with van der Waals surface area (Å²) < 4.78 is 5.51. The molecule has 1 aromatic heterocycles. The molecule has 0 saturated carbocycles. The number of aromatic carboxylic acids is 1. The Labute approximate surface area is 165 Å². The van der Waals surface area contributed by atoms with Gasteiger partial charge in [0, 0.05) is 25.4 Å². The number of rotatable bonds is 6. The summed E-state index contributed by atoms with van der Waals surface area (Å²) in [6, 6.07) is 10.6. The number of piperidine rings is 1. The SMILES string of the molecule is CC(C)Oc1ccc(C(=O)N2CCC(Cc3ccccc3C(=O)O)CC2)cn1. The van der Waals surface area contributed by atoms with E-state index in [1.54, 1.807) is 30.5 Å². The van der Waals surface area contributed by atoms with Crippen LogP contribution in [0.15, 0.2) is 42.6 Å². The Morgan fingerprint density at radius 3 is 2.50 bits per heavy atom. The Morgan fingerprint density at radius 2 is 1.89 bits per heavy atom. The van der Waals surface area contributed by atoms with Gasteiger partial charge in [-0.1, -0.05) is 18.2 Å². The zero-order chi connectivity index (χ0) is 20.1. The Morgan fingerprint density at radius 1 is 1.18 bits per heavy atom. The van der Waals surface area contributed by atoms with Crippen molar-refractivity contribution >= 4 is 11.9 Å². The average Bonchev–Trinajstić information content (AvgIpc) is 2.68. The molecule has 1 aliphatic rings. The number of likely N-dealkylation sites (tertiary alicyclic amines) is 1. The van der Waals surface area contributed by atoms with Crippen molar-refractivity contribution in [1.82, 2.24) is 9.88 Å². The van der Waals surface area contributed by atoms with Gasteiger partial charge in [-0.15, -0.1) is 0 Å². The number of ether oxygens (including phenoxy) is 1. The summed E-state index contributed by atoms with van der Waals surface area (Å²) in [6.45, 7) is 5.20. The molecule has 1 aliphatic heterocycles. The first-order valence-corrected chi connectivity index (χ1v) is 9.67. The van der Waals surface area contributed by atoms with E-state index in [9.17, 15) is 14.7 Å². The quantitative estimate of drug-likeness (QED) is 0.825. The lowest BCUT2D eigenvalue weighted by Crippen LogP contribution is -2.39. The molecule has 6 heteroatoms. The number of carbonyl (C=O) groups is 2. The maximum atomic E-state index is 12.7. The van der Waals surface area contributed by atoms with Gasteiger partial charge in [0.15, 0.2) is 0 Å². The van der Waals surface area contributed by atoms with Gasteiger partial charge >= 0.3 is 5.97 Å². The van der Waals surface area contributed by atoms with Crippen LogP contribution in [0.2, 0.25) is 0 Å². The lowest BCUT2D eigenvalue weighted by molar-refractivity contribution is 0.0690. The van der Waals surface area contributed by atoms with Crippen molar-refractivity contribution in [2.45, 2.75) is 39.2 Å². The molecule has 6 nitrogen and oxygen atoms in total. The van der Waals surface area contributed by atoms with E-state index in [0.717, 1.165) is 24.8 Å². The smallest absolute Gasteiger partial charge is 0.335 e. The number of carboxylic acid groups (broad SMARTS) is 1. The zero-order valence-corrected chi connectivity index (χ0v) is 16.3. The van der Waals surface area contributed by atoms with Gasteiger partial charge in [-0.2, -0.15) is 0 Å². The second-order valence-corrected chi connectivity index (χ2v) is 7.45. The topological polar surface area (TPSA) is 79.7 Å². The summed E-state index contributed by atoms with van der Waals surface area (Å²) in [4.78, 5) is 30.1. The van der Waals surface area contributed by atoms with Crippen LogP contribution in [-0.4, -0.2) is 46.1 Å². The van der Waals surface area contributed by atoms with Crippen molar-refractivity contribution in [3.05, 3.63) is 59.3 Å². The highest BCUT2D eigenvalue weighted by Gasteiger charge is 2.25. The first kappa shape index (κ1) is 19.9. The average molecular weight is 382 g/mol. The highest BCUT2D eigenvalue weighted by molar-refractivity contribution is 5.94. The molecule has 1 fully saturated rings. The highest BCUT2D eigenvalue weighted by Crippen LogP contribution is 2.24. The van der Waals surface area contributed by atoms with Crippen molar-refractivity contribution in [1.29, 1.82) is 0 Å². The van der Waals surface area contributed by atoms with Crippen LogP contribution in [-0.2, 0) is 6.42 Å². The Hall–Kier alpha value is -2.89. The Balaban J connectivity index is 1.56. The van der Waals surface area contributed by atoms with Crippen molar-refractivity contribution in [2.75, 3.05) is 13.1 Å². The minimum Gasteiger partial charge on any atom is -0.478 e. The van der Waals surface area contributed by atoms with Crippen LogP contribution in [0.3, 0.4) is 0 Å². The number of hydrogen-bond acceptors (Lipinski definition) is 4. The fourth-order valence-electron chi connectivity index (χ4n) is 3.56. The zero-order valence-electron chi connectivity index (χ0n) is 16.3. The first-order valence-electron chi connectivity index (χ1n) is 9.67. The fourth-order valence-corrected chi connectivity index (χ4v) is 3.56. The van der Waals surface area contributed by atoms with E-state index in [1.807, 2.05) is 30.9 Å². The van der Waals surface area contributed by atoms with E-state index in [2.05, 4.69) is 4.98 Å². The molecule has 1 N–H and O–H groups in total. The van der Waals surface area contributed by atoms with E-state index in [1.165, 1.54) is 0 Å². The van der Waals surface area contributed by atoms with Crippen LogP contribution < -0.4 is 4.74 Å². The predicted molar refractivity (Wildman–Crippen MR) is 106 cm³/mol. The molecule has 2 heterocycles. The molecule has 148 valence electrons. The lowest BCUT2D eigenvalue weighted by Gasteiger charge is -2.32. The highest BCUT2D eigenvalue weighted by atomic mass is 16.5. The molecule has 3 rings (SSSR count). The molecule has 0 unspecified atom stereocenters. The molecule has 2 aromatic rings. The van der Waals surface area contributed by atoms with Crippen LogP contribution in [0.4, 0.5) is 0 Å². The molecular formula is C22H26N2O4. The van der Waals surface area contributed by atoms with Gasteiger partial charge in [0.2, 0.25) is 5.88 Å². The standard InChI is InChI=1S/C22H26N2O4/c1-15(2)28-20-8-7-18(14-23-20)21(25)24-11-9-16(10-12-24)13-17-5-3-4-6-19(17)22(26)27/h3-8,14-16H,9-13H2,1-2H3,(H,26,27). The number of hydrogen-bond donors (Lipinski definition) is 1. The molecule has 0 bridgehead atoms. The van der Waals surface area contributed by atoms with E-state index < -0.39 is 5.97 Å². The molecule has 28 heavy (non-hydrogen) atoms. The largest absolute Gasteiger partial charge is 0.478 e. The number of nitrogens with zero attached hydrogens (tertiary/aromatic N) is 2. The summed E-state index contributed by atoms with van der Waals surface area (Å²) >= 11 is 0. The first-order chi connectivity index (χ1) is 13.4. The maximum Gasteiger partial charge on any atom is 0.335 e. The predicted octanol–water partition coefficient (Wildman–Crippen LogP) is 3.66. The van der Waals surface area contributed by atoms with Crippen LogP contribution >= 0.6 is 0 Å². The minimum absolute atomic E-state index is 0.0204. The molecule has 1 saturated heterocycles. The molecular weight excluding hydrogens is 356 g/mol. The van der Waals surface area contributed by atoms with Crippen molar-refractivity contribution < 1.29 is 19.4 Å². The van der Waals surface area contributed by atoms with E-state index in [-0.39, 0.29) is 12.0 Å². The second kappa shape index (κ2) is 8.87. The van der Waals surface area contributed by atoms with E-state index in [4.69, 9.17) is 4.74 Å². The van der Waals surface area contributed by atoms with Gasteiger partial charge in [0.25, 0.3) is 5.91 Å². The van der Waals surface area contributed by atoms with Crippen LogP contribution in [0.5, 0.6) is 5.88 Å². The third kappa shape index (κ3) is 4.88. The molecule has 1 amide bonds. The summed E-state index contributed by atoms with van der Waals surface area (Å²) in [5.41, 5.74) is 1.80. The van der Waals surface area contributed by atoms with Gasteiger partial charge in [-0.3, -0.25) is 4.79 Å². The van der Waals surface area contributed by atoms with Crippen LogP contribution in [0.1, 0.15) is 53.0 Å². The maximum absolute atomic E-state index is 12.7. The van der Waals surface area contributed by atoms with Gasteiger partial charge in [0.1, 0.15) is 0 Å². The van der Waals surface area contributed by atoms with Crippen molar-refractivity contribution in [2.24, 2.45) is 5.92 Å². The minimum atomic E-state index is -0.888. The second-order valence-electron chi connectivity index (χ2n) is 7.45. The third-order valence-electron chi connectivity index (χ3n) is 5.00. The van der Waals surface area contributed by atoms with Crippen LogP contribution in [0.25, 0.3) is 0 Å². The van der Waals surface area contributed by atoms with E-state index in [0.29, 0.717) is 36.0 Å². The summed E-state index contributed by atoms with van der Waals surface area (Å²) in [7, 11) is 0. The van der Waals surface area contributed by atoms with Gasteiger partial charge in [0.05, 0.1) is 17.2 Å². The number of benzene rings is 1. The summed E-state index contributed by atoms with van der Waals surface area (Å²) in [6.07, 6.45) is 4.06.